The molecule has 34 heavy (non-hydrogen) atoms. The number of amides is 2. The minimum atomic E-state index is -0.361. The molecule has 3 aromatic rings. The number of hydrogen-bond donors (Lipinski definition) is 2. The fourth-order valence-corrected chi connectivity index (χ4v) is 3.49. The maximum absolute atomic E-state index is 13.0. The smallest absolute Gasteiger partial charge is 0.258 e. The lowest BCUT2D eigenvalue weighted by Gasteiger charge is -2.21. The first-order chi connectivity index (χ1) is 16.5. The van der Waals surface area contributed by atoms with E-state index in [-0.39, 0.29) is 16.9 Å². The van der Waals surface area contributed by atoms with E-state index in [4.69, 9.17) is 17.0 Å². The van der Waals surface area contributed by atoms with Crippen LogP contribution < -0.4 is 20.3 Å². The largest absolute Gasteiger partial charge is 0.494 e. The molecular formula is C27H27N3O3S. The van der Waals surface area contributed by atoms with Gasteiger partial charge in [-0.05, 0) is 80.2 Å². The summed E-state index contributed by atoms with van der Waals surface area (Å²) < 4.78 is 5.41. The number of benzene rings is 3. The number of ether oxygens (including phenoxy) is 1. The van der Waals surface area contributed by atoms with Crippen LogP contribution in [0.5, 0.6) is 5.75 Å². The summed E-state index contributed by atoms with van der Waals surface area (Å²) in [5, 5.41) is 5.72. The first-order valence-corrected chi connectivity index (χ1v) is 11.4. The molecular weight excluding hydrogens is 446 g/mol. The standard InChI is InChI=1S/C27H27N3O3S/c1-3-30(23-11-6-5-7-12-23)26(32)21-9-8-10-22(19-21)28-27(34)29-25(31)18-15-20-13-16-24(17-14-20)33-4-2/h5-19H,3-4H2,1-2H3,(H2,28,29,31,34)/b18-15+. The van der Waals surface area contributed by atoms with Gasteiger partial charge in [0.1, 0.15) is 5.75 Å². The van der Waals surface area contributed by atoms with Crippen LogP contribution in [0.3, 0.4) is 0 Å². The number of anilines is 2. The fourth-order valence-electron chi connectivity index (χ4n) is 3.27. The van der Waals surface area contributed by atoms with Gasteiger partial charge in [-0.25, -0.2) is 0 Å². The Labute approximate surface area is 205 Å². The van der Waals surface area contributed by atoms with Crippen molar-refractivity contribution >= 4 is 46.6 Å². The molecule has 0 saturated carbocycles. The molecule has 0 aromatic heterocycles. The van der Waals surface area contributed by atoms with Gasteiger partial charge in [0, 0.05) is 29.6 Å². The summed E-state index contributed by atoms with van der Waals surface area (Å²) in [5.41, 5.74) is 2.81. The first kappa shape index (κ1) is 24.7. The summed E-state index contributed by atoms with van der Waals surface area (Å²) >= 11 is 5.26. The van der Waals surface area contributed by atoms with Crippen LogP contribution in [-0.2, 0) is 4.79 Å². The van der Waals surface area contributed by atoms with Gasteiger partial charge < -0.3 is 15.0 Å². The van der Waals surface area contributed by atoms with Crippen LogP contribution in [0.1, 0.15) is 29.8 Å². The van der Waals surface area contributed by atoms with E-state index in [9.17, 15) is 9.59 Å². The predicted octanol–water partition coefficient (Wildman–Crippen LogP) is 5.28. The van der Waals surface area contributed by atoms with E-state index in [2.05, 4.69) is 10.6 Å². The molecule has 2 amide bonds. The average molecular weight is 474 g/mol. The van der Waals surface area contributed by atoms with Crippen molar-refractivity contribution in [1.29, 1.82) is 0 Å². The molecule has 0 unspecified atom stereocenters. The Hall–Kier alpha value is -3.97. The van der Waals surface area contributed by atoms with E-state index in [0.29, 0.717) is 24.4 Å². The van der Waals surface area contributed by atoms with Crippen LogP contribution in [0.4, 0.5) is 11.4 Å². The second-order valence-corrected chi connectivity index (χ2v) is 7.65. The van der Waals surface area contributed by atoms with Gasteiger partial charge in [0.25, 0.3) is 5.91 Å². The van der Waals surface area contributed by atoms with Crippen molar-refractivity contribution in [2.75, 3.05) is 23.4 Å². The van der Waals surface area contributed by atoms with E-state index in [1.807, 2.05) is 68.4 Å². The van der Waals surface area contributed by atoms with Crippen molar-refractivity contribution in [2.45, 2.75) is 13.8 Å². The Kier molecular flexibility index (Phi) is 8.94. The molecule has 6 nitrogen and oxygen atoms in total. The Balaban J connectivity index is 1.59. The van der Waals surface area contributed by atoms with Gasteiger partial charge >= 0.3 is 0 Å². The van der Waals surface area contributed by atoms with Crippen LogP contribution in [0.25, 0.3) is 6.08 Å². The topological polar surface area (TPSA) is 70.7 Å². The van der Waals surface area contributed by atoms with Crippen molar-refractivity contribution in [3.63, 3.8) is 0 Å². The van der Waals surface area contributed by atoms with Crippen molar-refractivity contribution in [2.24, 2.45) is 0 Å². The van der Waals surface area contributed by atoms with Crippen molar-refractivity contribution < 1.29 is 14.3 Å². The molecule has 0 atom stereocenters. The number of carbonyl (C=O) groups is 2. The van der Waals surface area contributed by atoms with E-state index in [1.165, 1.54) is 6.08 Å². The highest BCUT2D eigenvalue weighted by molar-refractivity contribution is 7.80. The predicted molar refractivity (Wildman–Crippen MR) is 141 cm³/mol. The van der Waals surface area contributed by atoms with Crippen LogP contribution in [0.2, 0.25) is 0 Å². The van der Waals surface area contributed by atoms with E-state index in [1.54, 1.807) is 35.2 Å². The Morgan fingerprint density at radius 3 is 2.38 bits per heavy atom. The highest BCUT2D eigenvalue weighted by atomic mass is 32.1. The Morgan fingerprint density at radius 1 is 0.971 bits per heavy atom. The summed E-state index contributed by atoms with van der Waals surface area (Å²) in [6.45, 7) is 4.99. The minimum Gasteiger partial charge on any atom is -0.494 e. The molecule has 0 aliphatic heterocycles. The molecule has 0 fully saturated rings. The van der Waals surface area contributed by atoms with Gasteiger partial charge in [-0.3, -0.25) is 14.9 Å². The second-order valence-electron chi connectivity index (χ2n) is 7.24. The summed E-state index contributed by atoms with van der Waals surface area (Å²) in [7, 11) is 0. The van der Waals surface area contributed by atoms with Gasteiger partial charge in [-0.1, -0.05) is 36.4 Å². The number of nitrogens with zero attached hydrogens (tertiary/aromatic N) is 1. The van der Waals surface area contributed by atoms with Gasteiger partial charge in [0.15, 0.2) is 5.11 Å². The number of rotatable bonds is 8. The minimum absolute atomic E-state index is 0.120. The molecule has 0 bridgehead atoms. The Morgan fingerprint density at radius 2 is 1.71 bits per heavy atom. The van der Waals surface area contributed by atoms with Crippen LogP contribution >= 0.6 is 12.2 Å². The normalized spacial score (nSPS) is 10.5. The number of nitrogens with one attached hydrogen (secondary N) is 2. The summed E-state index contributed by atoms with van der Waals surface area (Å²) in [6, 6.07) is 23.9. The summed E-state index contributed by atoms with van der Waals surface area (Å²) in [5.74, 6) is 0.298. The molecule has 0 heterocycles. The highest BCUT2D eigenvalue weighted by Crippen LogP contribution is 2.19. The van der Waals surface area contributed by atoms with Crippen molar-refractivity contribution in [3.8, 4) is 5.75 Å². The molecule has 3 aromatic carbocycles. The van der Waals surface area contributed by atoms with Crippen LogP contribution in [-0.4, -0.2) is 30.1 Å². The number of carbonyl (C=O) groups excluding carboxylic acids is 2. The highest BCUT2D eigenvalue weighted by Gasteiger charge is 2.16. The third-order valence-electron chi connectivity index (χ3n) is 4.85. The molecule has 7 heteroatoms. The zero-order chi connectivity index (χ0) is 24.3. The maximum atomic E-state index is 13.0. The lowest BCUT2D eigenvalue weighted by Crippen LogP contribution is -2.33. The molecule has 0 aliphatic carbocycles. The SMILES string of the molecule is CCOc1ccc(/C=C/C(=O)NC(=S)Nc2cccc(C(=O)N(CC)c3ccccc3)c2)cc1. The summed E-state index contributed by atoms with van der Waals surface area (Å²) in [4.78, 5) is 27.0. The van der Waals surface area contributed by atoms with Gasteiger partial charge in [-0.2, -0.15) is 0 Å². The molecule has 0 saturated heterocycles. The monoisotopic (exact) mass is 473 g/mol. The van der Waals surface area contributed by atoms with Gasteiger partial charge in [0.05, 0.1) is 6.61 Å². The van der Waals surface area contributed by atoms with Gasteiger partial charge in [0.2, 0.25) is 5.91 Å². The maximum Gasteiger partial charge on any atom is 0.258 e. The second kappa shape index (κ2) is 12.3. The van der Waals surface area contributed by atoms with Crippen LogP contribution in [0.15, 0.2) is 84.9 Å². The molecule has 174 valence electrons. The van der Waals surface area contributed by atoms with Crippen LogP contribution in [0, 0.1) is 0 Å². The van der Waals surface area contributed by atoms with Crippen molar-refractivity contribution in [3.05, 3.63) is 96.1 Å². The zero-order valence-electron chi connectivity index (χ0n) is 19.2. The van der Waals surface area contributed by atoms with E-state index in [0.717, 1.165) is 17.0 Å². The van der Waals surface area contributed by atoms with E-state index >= 15 is 0 Å². The molecule has 0 radical (unpaired) electrons. The summed E-state index contributed by atoms with van der Waals surface area (Å²) in [6.07, 6.45) is 3.10. The lowest BCUT2D eigenvalue weighted by molar-refractivity contribution is -0.115. The van der Waals surface area contributed by atoms with Gasteiger partial charge in [-0.15, -0.1) is 0 Å². The van der Waals surface area contributed by atoms with Crippen molar-refractivity contribution in [1.82, 2.24) is 5.32 Å². The first-order valence-electron chi connectivity index (χ1n) is 11.0. The quantitative estimate of drug-likeness (QED) is 0.344. The zero-order valence-corrected chi connectivity index (χ0v) is 20.0. The average Bonchev–Trinajstić information content (AvgIpc) is 2.85. The Bertz CT molecular complexity index is 1160. The lowest BCUT2D eigenvalue weighted by atomic mass is 10.1. The number of hydrogen-bond acceptors (Lipinski definition) is 4. The molecule has 3 rings (SSSR count). The molecule has 0 spiro atoms. The number of thiocarbonyl (C=S) groups is 1. The van der Waals surface area contributed by atoms with E-state index < -0.39 is 0 Å². The molecule has 2 N–H and O–H groups in total. The fraction of sp³-hybridized carbons (Fsp3) is 0.148. The number of para-hydroxylation sites is 1. The molecule has 0 aliphatic rings. The third-order valence-corrected chi connectivity index (χ3v) is 5.06. The third kappa shape index (κ3) is 7.02.